The summed E-state index contributed by atoms with van der Waals surface area (Å²) < 4.78 is 0. The number of amides is 1. The van der Waals surface area contributed by atoms with Crippen LogP contribution in [0.15, 0.2) is 5.38 Å². The minimum atomic E-state index is 0.296. The van der Waals surface area contributed by atoms with Crippen molar-refractivity contribution in [3.05, 3.63) is 16.1 Å². The fourth-order valence-electron chi connectivity index (χ4n) is 2.93. The summed E-state index contributed by atoms with van der Waals surface area (Å²) in [7, 11) is 0. The summed E-state index contributed by atoms with van der Waals surface area (Å²) in [5.41, 5.74) is 1.18. The second kappa shape index (κ2) is 6.22. The van der Waals surface area contributed by atoms with Crippen LogP contribution in [0, 0.1) is 12.8 Å². The third kappa shape index (κ3) is 3.38. The zero-order valence-corrected chi connectivity index (χ0v) is 12.9. The lowest BCUT2D eigenvalue weighted by Crippen LogP contribution is -2.47. The molecule has 1 N–H and O–H groups in total. The molecule has 1 saturated heterocycles. The Bertz CT molecular complexity index is 461. The maximum absolute atomic E-state index is 11.9. The second-order valence-corrected chi connectivity index (χ2v) is 7.11. The first-order valence-corrected chi connectivity index (χ1v) is 8.52. The Kier molecular flexibility index (Phi) is 4.36. The van der Waals surface area contributed by atoms with Crippen molar-refractivity contribution in [2.45, 2.75) is 51.6 Å². The highest BCUT2D eigenvalue weighted by molar-refractivity contribution is 7.09. The van der Waals surface area contributed by atoms with Gasteiger partial charge in [0.25, 0.3) is 0 Å². The van der Waals surface area contributed by atoms with Crippen LogP contribution in [0.2, 0.25) is 0 Å². The Morgan fingerprint density at radius 3 is 2.70 bits per heavy atom. The van der Waals surface area contributed by atoms with Gasteiger partial charge in [0.2, 0.25) is 5.91 Å². The highest BCUT2D eigenvalue weighted by Crippen LogP contribution is 2.26. The molecule has 5 heteroatoms. The lowest BCUT2D eigenvalue weighted by atomic mass is 9.84. The third-order valence-electron chi connectivity index (χ3n) is 4.46. The summed E-state index contributed by atoms with van der Waals surface area (Å²) in [6, 6.07) is 0.386. The van der Waals surface area contributed by atoms with E-state index in [0.29, 0.717) is 17.9 Å². The quantitative estimate of drug-likeness (QED) is 0.927. The van der Waals surface area contributed by atoms with Gasteiger partial charge in [-0.2, -0.15) is 0 Å². The van der Waals surface area contributed by atoms with Gasteiger partial charge in [-0.3, -0.25) is 9.69 Å². The van der Waals surface area contributed by atoms with Crippen LogP contribution in [0.25, 0.3) is 0 Å². The Labute approximate surface area is 124 Å². The van der Waals surface area contributed by atoms with Gasteiger partial charge >= 0.3 is 0 Å². The van der Waals surface area contributed by atoms with Crippen molar-refractivity contribution in [2.75, 3.05) is 13.1 Å². The number of hydrogen-bond acceptors (Lipinski definition) is 4. The van der Waals surface area contributed by atoms with Crippen LogP contribution < -0.4 is 5.32 Å². The van der Waals surface area contributed by atoms with Crippen molar-refractivity contribution in [3.63, 3.8) is 0 Å². The summed E-state index contributed by atoms with van der Waals surface area (Å²) in [5, 5.41) is 6.52. The van der Waals surface area contributed by atoms with Crippen molar-refractivity contribution in [1.29, 1.82) is 0 Å². The number of carbonyl (C=O) groups is 1. The Hall–Kier alpha value is -0.940. The molecule has 110 valence electrons. The predicted octanol–water partition coefficient (Wildman–Crippen LogP) is 2.33. The minimum Gasteiger partial charge on any atom is -0.353 e. The van der Waals surface area contributed by atoms with Crippen LogP contribution >= 0.6 is 11.3 Å². The lowest BCUT2D eigenvalue weighted by Gasteiger charge is -2.33. The van der Waals surface area contributed by atoms with Gasteiger partial charge in [0.1, 0.15) is 0 Å². The molecule has 20 heavy (non-hydrogen) atoms. The van der Waals surface area contributed by atoms with E-state index in [9.17, 15) is 4.79 Å². The molecule has 1 aromatic rings. The first-order valence-electron chi connectivity index (χ1n) is 7.64. The monoisotopic (exact) mass is 293 g/mol. The summed E-state index contributed by atoms with van der Waals surface area (Å²) in [6.07, 6.45) is 5.55. The van der Waals surface area contributed by atoms with Gasteiger partial charge in [0.15, 0.2) is 0 Å². The molecule has 1 aliphatic carbocycles. The number of aromatic nitrogens is 1. The first kappa shape index (κ1) is 14.0. The molecule has 0 radical (unpaired) electrons. The number of piperidine rings is 1. The average Bonchev–Trinajstić information content (AvgIpc) is 2.75. The van der Waals surface area contributed by atoms with E-state index in [0.717, 1.165) is 50.3 Å². The molecule has 2 heterocycles. The van der Waals surface area contributed by atoms with E-state index in [1.54, 1.807) is 11.3 Å². The van der Waals surface area contributed by atoms with Crippen molar-refractivity contribution in [2.24, 2.45) is 5.92 Å². The normalized spacial score (nSPS) is 21.6. The molecule has 1 aromatic heterocycles. The SMILES string of the molecule is Cc1nc(CN2CCC(NC(=O)C3CCC3)CC2)cs1. The van der Waals surface area contributed by atoms with E-state index in [1.807, 2.05) is 0 Å². The van der Waals surface area contributed by atoms with Crippen molar-refractivity contribution >= 4 is 17.2 Å². The molecule has 1 aliphatic heterocycles. The van der Waals surface area contributed by atoms with Crippen molar-refractivity contribution in [1.82, 2.24) is 15.2 Å². The summed E-state index contributed by atoms with van der Waals surface area (Å²) in [4.78, 5) is 18.9. The fourth-order valence-corrected chi connectivity index (χ4v) is 3.54. The topological polar surface area (TPSA) is 45.2 Å². The lowest BCUT2D eigenvalue weighted by molar-refractivity contribution is -0.128. The zero-order chi connectivity index (χ0) is 13.9. The number of aryl methyl sites for hydroxylation is 1. The number of nitrogens with zero attached hydrogens (tertiary/aromatic N) is 2. The maximum Gasteiger partial charge on any atom is 0.223 e. The number of thiazole rings is 1. The highest BCUT2D eigenvalue weighted by Gasteiger charge is 2.28. The highest BCUT2D eigenvalue weighted by atomic mass is 32.1. The summed E-state index contributed by atoms with van der Waals surface area (Å²) in [5.74, 6) is 0.607. The molecule has 1 amide bonds. The molecule has 0 atom stereocenters. The van der Waals surface area contributed by atoms with Crippen LogP contribution in [0.5, 0.6) is 0 Å². The van der Waals surface area contributed by atoms with Crippen LogP contribution in [0.3, 0.4) is 0 Å². The van der Waals surface area contributed by atoms with Gasteiger partial charge in [-0.1, -0.05) is 6.42 Å². The van der Waals surface area contributed by atoms with Crippen LogP contribution in [-0.2, 0) is 11.3 Å². The van der Waals surface area contributed by atoms with E-state index < -0.39 is 0 Å². The number of likely N-dealkylation sites (tertiary alicyclic amines) is 1. The van der Waals surface area contributed by atoms with E-state index in [2.05, 4.69) is 27.5 Å². The maximum atomic E-state index is 11.9. The predicted molar refractivity (Wildman–Crippen MR) is 80.6 cm³/mol. The van der Waals surface area contributed by atoms with E-state index >= 15 is 0 Å². The summed E-state index contributed by atoms with van der Waals surface area (Å²) >= 11 is 1.72. The standard InChI is InChI=1S/C15H23N3OS/c1-11-16-14(10-20-11)9-18-7-5-13(6-8-18)17-15(19)12-3-2-4-12/h10,12-13H,2-9H2,1H3,(H,17,19). The number of rotatable bonds is 4. The number of nitrogens with one attached hydrogen (secondary N) is 1. The molecular formula is C15H23N3OS. The molecule has 0 spiro atoms. The van der Waals surface area contributed by atoms with E-state index in [-0.39, 0.29) is 0 Å². The number of carbonyl (C=O) groups excluding carboxylic acids is 1. The van der Waals surface area contributed by atoms with Gasteiger partial charge in [-0.25, -0.2) is 4.98 Å². The average molecular weight is 293 g/mol. The molecule has 1 saturated carbocycles. The minimum absolute atomic E-state index is 0.296. The van der Waals surface area contributed by atoms with Crippen LogP contribution in [0.4, 0.5) is 0 Å². The Morgan fingerprint density at radius 2 is 2.15 bits per heavy atom. The largest absolute Gasteiger partial charge is 0.353 e. The molecule has 3 rings (SSSR count). The molecule has 0 aromatic carbocycles. The Morgan fingerprint density at radius 1 is 1.40 bits per heavy atom. The molecule has 0 unspecified atom stereocenters. The molecular weight excluding hydrogens is 270 g/mol. The molecule has 2 aliphatic rings. The van der Waals surface area contributed by atoms with Crippen molar-refractivity contribution in [3.8, 4) is 0 Å². The smallest absolute Gasteiger partial charge is 0.223 e. The van der Waals surface area contributed by atoms with Crippen LogP contribution in [-0.4, -0.2) is 34.9 Å². The summed E-state index contributed by atoms with van der Waals surface area (Å²) in [6.45, 7) is 5.13. The van der Waals surface area contributed by atoms with Crippen LogP contribution in [0.1, 0.15) is 42.8 Å². The van der Waals surface area contributed by atoms with Gasteiger partial charge in [-0.15, -0.1) is 11.3 Å². The first-order chi connectivity index (χ1) is 9.70. The van der Waals surface area contributed by atoms with Gasteiger partial charge in [-0.05, 0) is 32.6 Å². The zero-order valence-electron chi connectivity index (χ0n) is 12.1. The van der Waals surface area contributed by atoms with Gasteiger partial charge in [0.05, 0.1) is 10.7 Å². The van der Waals surface area contributed by atoms with Gasteiger partial charge in [0, 0.05) is 37.0 Å². The fraction of sp³-hybridized carbons (Fsp3) is 0.733. The molecule has 4 nitrogen and oxygen atoms in total. The molecule has 0 bridgehead atoms. The van der Waals surface area contributed by atoms with E-state index in [4.69, 9.17) is 0 Å². The molecule has 2 fully saturated rings. The Balaban J connectivity index is 1.41. The third-order valence-corrected chi connectivity index (χ3v) is 5.28. The number of hydrogen-bond donors (Lipinski definition) is 1. The van der Waals surface area contributed by atoms with Crippen molar-refractivity contribution < 1.29 is 4.79 Å². The van der Waals surface area contributed by atoms with E-state index in [1.165, 1.54) is 12.1 Å². The second-order valence-electron chi connectivity index (χ2n) is 6.04. The van der Waals surface area contributed by atoms with Gasteiger partial charge < -0.3 is 5.32 Å².